The molecule has 112 valence electrons. The molecule has 5 heteroatoms. The average Bonchev–Trinajstić information content (AvgIpc) is 3.00. The van der Waals surface area contributed by atoms with E-state index in [2.05, 4.69) is 17.3 Å². The van der Waals surface area contributed by atoms with Crippen molar-refractivity contribution in [3.63, 3.8) is 0 Å². The monoisotopic (exact) mass is 280 g/mol. The molecule has 0 amide bonds. The molecule has 1 unspecified atom stereocenters. The van der Waals surface area contributed by atoms with E-state index in [1.165, 1.54) is 6.42 Å². The van der Waals surface area contributed by atoms with Gasteiger partial charge in [-0.1, -0.05) is 6.07 Å². The fourth-order valence-electron chi connectivity index (χ4n) is 2.70. The molecule has 20 heavy (non-hydrogen) atoms. The summed E-state index contributed by atoms with van der Waals surface area (Å²) < 4.78 is 16.3. The Hall–Kier alpha value is -1.46. The zero-order chi connectivity index (χ0) is 14.5. The van der Waals surface area contributed by atoms with Crippen molar-refractivity contribution in [3.8, 4) is 17.2 Å². The maximum Gasteiger partial charge on any atom is 0.203 e. The Bertz CT molecular complexity index is 445. The van der Waals surface area contributed by atoms with Crippen LogP contribution in [0.25, 0.3) is 0 Å². The predicted octanol–water partition coefficient (Wildman–Crippen LogP) is 1.51. The molecule has 0 aliphatic carbocycles. The highest BCUT2D eigenvalue weighted by atomic mass is 16.5. The molecule has 0 radical (unpaired) electrons. The van der Waals surface area contributed by atoms with Crippen molar-refractivity contribution in [1.82, 2.24) is 10.2 Å². The van der Waals surface area contributed by atoms with Crippen LogP contribution in [0.2, 0.25) is 0 Å². The molecule has 5 nitrogen and oxygen atoms in total. The maximum atomic E-state index is 5.53. The van der Waals surface area contributed by atoms with E-state index >= 15 is 0 Å². The molecule has 1 atom stereocenters. The Morgan fingerprint density at radius 1 is 1.15 bits per heavy atom. The predicted molar refractivity (Wildman–Crippen MR) is 78.8 cm³/mol. The van der Waals surface area contributed by atoms with E-state index in [0.717, 1.165) is 30.9 Å². The Morgan fingerprint density at radius 2 is 1.90 bits per heavy atom. The first-order valence-electron chi connectivity index (χ1n) is 6.90. The van der Waals surface area contributed by atoms with Gasteiger partial charge in [0.05, 0.1) is 21.3 Å². The van der Waals surface area contributed by atoms with Crippen molar-refractivity contribution in [2.75, 3.05) is 41.5 Å². The molecule has 1 saturated heterocycles. The average molecular weight is 280 g/mol. The molecule has 1 aromatic rings. The molecule has 1 N–H and O–H groups in total. The van der Waals surface area contributed by atoms with Gasteiger partial charge in [-0.05, 0) is 26.1 Å². The van der Waals surface area contributed by atoms with E-state index in [1.807, 2.05) is 12.1 Å². The van der Waals surface area contributed by atoms with Crippen LogP contribution >= 0.6 is 0 Å². The molecule has 0 saturated carbocycles. The van der Waals surface area contributed by atoms with Gasteiger partial charge in [-0.15, -0.1) is 0 Å². The van der Waals surface area contributed by atoms with Gasteiger partial charge in [-0.3, -0.25) is 4.90 Å². The lowest BCUT2D eigenvalue weighted by Gasteiger charge is -2.25. The summed E-state index contributed by atoms with van der Waals surface area (Å²) in [6.45, 7) is 2.97. The number of methoxy groups -OCH3 is 3. The Labute approximate surface area is 120 Å². The summed E-state index contributed by atoms with van der Waals surface area (Å²) in [7, 11) is 7.08. The minimum atomic E-state index is 0.577. The number of nitrogens with one attached hydrogen (secondary N) is 1. The summed E-state index contributed by atoms with van der Waals surface area (Å²) >= 11 is 0. The summed E-state index contributed by atoms with van der Waals surface area (Å²) in [5.41, 5.74) is 1.11. The van der Waals surface area contributed by atoms with E-state index in [-0.39, 0.29) is 0 Å². The molecule has 0 spiro atoms. The first-order chi connectivity index (χ1) is 9.71. The van der Waals surface area contributed by atoms with Gasteiger partial charge in [-0.2, -0.15) is 0 Å². The van der Waals surface area contributed by atoms with Crippen LogP contribution in [0.15, 0.2) is 12.1 Å². The fourth-order valence-corrected chi connectivity index (χ4v) is 2.70. The Morgan fingerprint density at radius 3 is 2.45 bits per heavy atom. The van der Waals surface area contributed by atoms with Crippen LogP contribution < -0.4 is 19.5 Å². The molecule has 1 aliphatic rings. The molecule has 1 aliphatic heterocycles. The summed E-state index contributed by atoms with van der Waals surface area (Å²) in [5.74, 6) is 2.10. The molecule has 0 bridgehead atoms. The molecule has 1 fully saturated rings. The molecule has 1 heterocycles. The first kappa shape index (κ1) is 14.9. The lowest BCUT2D eigenvalue weighted by Crippen LogP contribution is -2.33. The minimum Gasteiger partial charge on any atom is -0.493 e. The maximum absolute atomic E-state index is 5.53. The van der Waals surface area contributed by atoms with Gasteiger partial charge in [0, 0.05) is 24.7 Å². The van der Waals surface area contributed by atoms with Crippen molar-refractivity contribution >= 4 is 0 Å². The topological polar surface area (TPSA) is 43.0 Å². The number of benzene rings is 1. The van der Waals surface area contributed by atoms with Crippen LogP contribution in [0.3, 0.4) is 0 Å². The van der Waals surface area contributed by atoms with Crippen molar-refractivity contribution in [3.05, 3.63) is 17.7 Å². The zero-order valence-corrected chi connectivity index (χ0v) is 12.7. The van der Waals surface area contributed by atoms with Crippen molar-refractivity contribution < 1.29 is 14.2 Å². The lowest BCUT2D eigenvalue weighted by atomic mass is 10.1. The van der Waals surface area contributed by atoms with Crippen molar-refractivity contribution in [2.24, 2.45) is 0 Å². The van der Waals surface area contributed by atoms with Crippen LogP contribution in [0.4, 0.5) is 0 Å². The summed E-state index contributed by atoms with van der Waals surface area (Å²) in [6, 6.07) is 4.55. The largest absolute Gasteiger partial charge is 0.493 e. The number of ether oxygens (including phenoxy) is 3. The van der Waals surface area contributed by atoms with Gasteiger partial charge >= 0.3 is 0 Å². The summed E-state index contributed by atoms with van der Waals surface area (Å²) in [5, 5.41) is 3.39. The first-order valence-corrected chi connectivity index (χ1v) is 6.90. The van der Waals surface area contributed by atoms with Gasteiger partial charge in [-0.25, -0.2) is 0 Å². The third kappa shape index (κ3) is 2.99. The normalized spacial score (nSPS) is 18.4. The number of likely N-dealkylation sites (N-methyl/N-ethyl adjacent to an activating group) is 1. The third-order valence-electron chi connectivity index (χ3n) is 3.86. The van der Waals surface area contributed by atoms with E-state index in [1.54, 1.807) is 21.3 Å². The van der Waals surface area contributed by atoms with Crippen molar-refractivity contribution in [2.45, 2.75) is 19.0 Å². The Kier molecular flexibility index (Phi) is 5.09. The Balaban J connectivity index is 2.22. The van der Waals surface area contributed by atoms with E-state index in [9.17, 15) is 0 Å². The second-order valence-electron chi connectivity index (χ2n) is 5.06. The number of rotatable bonds is 6. The second kappa shape index (κ2) is 6.81. The van der Waals surface area contributed by atoms with Crippen LogP contribution in [0.1, 0.15) is 12.0 Å². The third-order valence-corrected chi connectivity index (χ3v) is 3.86. The smallest absolute Gasteiger partial charge is 0.203 e. The zero-order valence-electron chi connectivity index (χ0n) is 12.7. The van der Waals surface area contributed by atoms with Gasteiger partial charge in [0.15, 0.2) is 11.5 Å². The standard InChI is InChI=1S/C15H24N2O3/c1-17(12-7-8-16-9-12)10-11-5-6-13(18-2)15(20-4)14(11)19-3/h5-6,12,16H,7-10H2,1-4H3. The number of hydrogen-bond acceptors (Lipinski definition) is 5. The van der Waals surface area contributed by atoms with Gasteiger partial charge < -0.3 is 19.5 Å². The van der Waals surface area contributed by atoms with Gasteiger partial charge in [0.25, 0.3) is 0 Å². The van der Waals surface area contributed by atoms with E-state index < -0.39 is 0 Å². The van der Waals surface area contributed by atoms with E-state index in [0.29, 0.717) is 17.5 Å². The van der Waals surface area contributed by atoms with Gasteiger partial charge in [0.2, 0.25) is 5.75 Å². The lowest BCUT2D eigenvalue weighted by molar-refractivity contribution is 0.243. The SMILES string of the molecule is COc1ccc(CN(C)C2CCNC2)c(OC)c1OC. The highest BCUT2D eigenvalue weighted by Crippen LogP contribution is 2.40. The van der Waals surface area contributed by atoms with Crippen LogP contribution in [-0.2, 0) is 6.54 Å². The van der Waals surface area contributed by atoms with Crippen LogP contribution in [0.5, 0.6) is 17.2 Å². The highest BCUT2D eigenvalue weighted by molar-refractivity contribution is 5.55. The molecule has 0 aromatic heterocycles. The molecular weight excluding hydrogens is 256 g/mol. The van der Waals surface area contributed by atoms with E-state index in [4.69, 9.17) is 14.2 Å². The van der Waals surface area contributed by atoms with Crippen LogP contribution in [-0.4, -0.2) is 52.4 Å². The summed E-state index contributed by atoms with van der Waals surface area (Å²) in [6.07, 6.45) is 1.19. The second-order valence-corrected chi connectivity index (χ2v) is 5.06. The fraction of sp³-hybridized carbons (Fsp3) is 0.600. The van der Waals surface area contributed by atoms with Crippen LogP contribution in [0, 0.1) is 0 Å². The van der Waals surface area contributed by atoms with Crippen molar-refractivity contribution in [1.29, 1.82) is 0 Å². The number of hydrogen-bond donors (Lipinski definition) is 1. The van der Waals surface area contributed by atoms with Gasteiger partial charge in [0.1, 0.15) is 0 Å². The highest BCUT2D eigenvalue weighted by Gasteiger charge is 2.22. The molecular formula is C15H24N2O3. The minimum absolute atomic E-state index is 0.577. The molecule has 2 rings (SSSR count). The number of nitrogens with zero attached hydrogens (tertiary/aromatic N) is 1. The quantitative estimate of drug-likeness (QED) is 0.855. The molecule has 1 aromatic carbocycles. The summed E-state index contributed by atoms with van der Waals surface area (Å²) in [4.78, 5) is 2.35.